The SMILES string of the molecule is CCCC(NCC)C(CC)S(=O)(=O)c1cccc(F)c1. The number of hydrogen-bond donors (Lipinski definition) is 1. The summed E-state index contributed by atoms with van der Waals surface area (Å²) >= 11 is 0. The van der Waals surface area contributed by atoms with Crippen LogP contribution in [0.1, 0.15) is 40.0 Å². The Hall–Kier alpha value is -0.940. The molecule has 0 aliphatic carbocycles. The van der Waals surface area contributed by atoms with Crippen LogP contribution in [0, 0.1) is 5.82 Å². The van der Waals surface area contributed by atoms with Crippen LogP contribution >= 0.6 is 0 Å². The second-order valence-electron chi connectivity index (χ2n) is 4.90. The van der Waals surface area contributed by atoms with E-state index in [2.05, 4.69) is 5.32 Å². The van der Waals surface area contributed by atoms with Crippen LogP contribution in [0.5, 0.6) is 0 Å². The van der Waals surface area contributed by atoms with Gasteiger partial charge in [-0.05, 0) is 37.6 Å². The van der Waals surface area contributed by atoms with Crippen molar-refractivity contribution in [3.63, 3.8) is 0 Å². The molecular formula is C15H24FNO2S. The van der Waals surface area contributed by atoms with E-state index in [-0.39, 0.29) is 10.9 Å². The van der Waals surface area contributed by atoms with Gasteiger partial charge in [0.1, 0.15) is 5.82 Å². The summed E-state index contributed by atoms with van der Waals surface area (Å²) in [6.07, 6.45) is 2.21. The summed E-state index contributed by atoms with van der Waals surface area (Å²) in [5.41, 5.74) is 0. The number of benzene rings is 1. The van der Waals surface area contributed by atoms with Gasteiger partial charge in [0.25, 0.3) is 0 Å². The molecule has 0 amide bonds. The normalized spacial score (nSPS) is 15.0. The first kappa shape index (κ1) is 17.1. The molecule has 0 aromatic heterocycles. The van der Waals surface area contributed by atoms with Crippen molar-refractivity contribution in [1.29, 1.82) is 0 Å². The molecule has 5 heteroatoms. The summed E-state index contributed by atoms with van der Waals surface area (Å²) in [5, 5.41) is 2.73. The maximum atomic E-state index is 13.3. The molecule has 0 aliphatic rings. The largest absolute Gasteiger partial charge is 0.313 e. The zero-order chi connectivity index (χ0) is 15.2. The Morgan fingerprint density at radius 3 is 2.45 bits per heavy atom. The Balaban J connectivity index is 3.13. The Bertz CT molecular complexity index is 510. The number of sulfone groups is 1. The van der Waals surface area contributed by atoms with Crippen LogP contribution in [0.4, 0.5) is 4.39 Å². The first-order chi connectivity index (χ1) is 9.47. The van der Waals surface area contributed by atoms with Crippen molar-refractivity contribution >= 4 is 9.84 Å². The lowest BCUT2D eigenvalue weighted by molar-refractivity contribution is 0.445. The van der Waals surface area contributed by atoms with Crippen LogP contribution in [0.2, 0.25) is 0 Å². The van der Waals surface area contributed by atoms with Gasteiger partial charge in [-0.15, -0.1) is 0 Å². The third-order valence-corrected chi connectivity index (χ3v) is 5.81. The van der Waals surface area contributed by atoms with Crippen molar-refractivity contribution in [2.24, 2.45) is 0 Å². The first-order valence-corrected chi connectivity index (χ1v) is 8.74. The third-order valence-electron chi connectivity index (χ3n) is 3.44. The average Bonchev–Trinajstić information content (AvgIpc) is 2.39. The molecule has 0 heterocycles. The van der Waals surface area contributed by atoms with Crippen molar-refractivity contribution in [2.75, 3.05) is 6.54 Å². The van der Waals surface area contributed by atoms with Gasteiger partial charge >= 0.3 is 0 Å². The summed E-state index contributed by atoms with van der Waals surface area (Å²) < 4.78 is 38.7. The lowest BCUT2D eigenvalue weighted by atomic mass is 10.1. The van der Waals surface area contributed by atoms with Gasteiger partial charge in [0.15, 0.2) is 9.84 Å². The highest BCUT2D eigenvalue weighted by Gasteiger charge is 2.32. The van der Waals surface area contributed by atoms with Gasteiger partial charge in [0.05, 0.1) is 10.1 Å². The highest BCUT2D eigenvalue weighted by Crippen LogP contribution is 2.23. The van der Waals surface area contributed by atoms with Crippen molar-refractivity contribution in [3.05, 3.63) is 30.1 Å². The smallest absolute Gasteiger partial charge is 0.182 e. The van der Waals surface area contributed by atoms with Gasteiger partial charge in [-0.2, -0.15) is 0 Å². The molecule has 2 unspecified atom stereocenters. The molecule has 114 valence electrons. The molecule has 0 bridgehead atoms. The highest BCUT2D eigenvalue weighted by molar-refractivity contribution is 7.92. The maximum absolute atomic E-state index is 13.3. The van der Waals surface area contributed by atoms with Gasteiger partial charge in [0.2, 0.25) is 0 Å². The summed E-state index contributed by atoms with van der Waals surface area (Å²) in [6, 6.07) is 5.18. The van der Waals surface area contributed by atoms with Crippen LogP contribution in [-0.4, -0.2) is 26.3 Å². The molecule has 2 atom stereocenters. The van der Waals surface area contributed by atoms with Crippen molar-refractivity contribution in [3.8, 4) is 0 Å². The average molecular weight is 301 g/mol. The van der Waals surface area contributed by atoms with Crippen LogP contribution in [0.15, 0.2) is 29.2 Å². The molecule has 0 fully saturated rings. The van der Waals surface area contributed by atoms with Gasteiger partial charge in [0, 0.05) is 6.04 Å². The van der Waals surface area contributed by atoms with E-state index >= 15 is 0 Å². The van der Waals surface area contributed by atoms with Gasteiger partial charge < -0.3 is 5.32 Å². The molecule has 0 spiro atoms. The fraction of sp³-hybridized carbons (Fsp3) is 0.600. The Labute approximate surface area is 121 Å². The predicted octanol–water partition coefficient (Wildman–Crippen LogP) is 3.16. The van der Waals surface area contributed by atoms with E-state index in [1.807, 2.05) is 20.8 Å². The monoisotopic (exact) mass is 301 g/mol. The molecule has 3 nitrogen and oxygen atoms in total. The topological polar surface area (TPSA) is 46.2 Å². The van der Waals surface area contributed by atoms with E-state index in [0.717, 1.165) is 25.5 Å². The van der Waals surface area contributed by atoms with E-state index in [0.29, 0.717) is 6.42 Å². The summed E-state index contributed by atoms with van der Waals surface area (Å²) in [6.45, 7) is 6.58. The quantitative estimate of drug-likeness (QED) is 0.802. The van der Waals surface area contributed by atoms with E-state index in [1.54, 1.807) is 0 Å². The molecule has 0 saturated heterocycles. The fourth-order valence-corrected chi connectivity index (χ4v) is 4.53. The Kier molecular flexibility index (Phi) is 6.62. The molecule has 1 aromatic rings. The number of nitrogens with one attached hydrogen (secondary N) is 1. The molecule has 0 aliphatic heterocycles. The van der Waals surface area contributed by atoms with Crippen LogP contribution < -0.4 is 5.32 Å². The summed E-state index contributed by atoms with van der Waals surface area (Å²) in [7, 11) is -3.52. The molecule has 20 heavy (non-hydrogen) atoms. The molecule has 0 saturated carbocycles. The van der Waals surface area contributed by atoms with Crippen molar-refractivity contribution in [2.45, 2.75) is 56.2 Å². The van der Waals surface area contributed by atoms with Crippen LogP contribution in [0.3, 0.4) is 0 Å². The van der Waals surface area contributed by atoms with Crippen LogP contribution in [0.25, 0.3) is 0 Å². The minimum atomic E-state index is -3.52. The van der Waals surface area contributed by atoms with E-state index in [1.165, 1.54) is 18.2 Å². The van der Waals surface area contributed by atoms with E-state index in [9.17, 15) is 12.8 Å². The molecule has 1 N–H and O–H groups in total. The predicted molar refractivity (Wildman–Crippen MR) is 80.0 cm³/mol. The second kappa shape index (κ2) is 7.74. The zero-order valence-corrected chi connectivity index (χ0v) is 13.2. The number of hydrogen-bond acceptors (Lipinski definition) is 3. The summed E-state index contributed by atoms with van der Waals surface area (Å²) in [4.78, 5) is 0.0726. The Morgan fingerprint density at radius 2 is 1.95 bits per heavy atom. The van der Waals surface area contributed by atoms with Crippen LogP contribution in [-0.2, 0) is 9.84 Å². The first-order valence-electron chi connectivity index (χ1n) is 7.20. The van der Waals surface area contributed by atoms with Crippen molar-refractivity contribution < 1.29 is 12.8 Å². The number of rotatable bonds is 8. The maximum Gasteiger partial charge on any atom is 0.182 e. The summed E-state index contributed by atoms with van der Waals surface area (Å²) in [5.74, 6) is -0.517. The minimum absolute atomic E-state index is 0.0726. The van der Waals surface area contributed by atoms with Gasteiger partial charge in [-0.25, -0.2) is 12.8 Å². The van der Waals surface area contributed by atoms with E-state index < -0.39 is 20.9 Å². The van der Waals surface area contributed by atoms with E-state index in [4.69, 9.17) is 0 Å². The Morgan fingerprint density at radius 1 is 1.25 bits per heavy atom. The van der Waals surface area contributed by atoms with Gasteiger partial charge in [-0.1, -0.05) is 33.3 Å². The zero-order valence-electron chi connectivity index (χ0n) is 12.4. The second-order valence-corrected chi connectivity index (χ2v) is 7.07. The molecular weight excluding hydrogens is 277 g/mol. The molecule has 1 aromatic carbocycles. The molecule has 0 radical (unpaired) electrons. The van der Waals surface area contributed by atoms with Gasteiger partial charge in [-0.3, -0.25) is 0 Å². The minimum Gasteiger partial charge on any atom is -0.313 e. The number of halogens is 1. The fourth-order valence-electron chi connectivity index (χ4n) is 2.53. The van der Waals surface area contributed by atoms with Crippen molar-refractivity contribution in [1.82, 2.24) is 5.32 Å². The standard InChI is InChI=1S/C15H24FNO2S/c1-4-8-14(17-6-3)15(5-2)20(18,19)13-10-7-9-12(16)11-13/h7,9-11,14-15,17H,4-6,8H2,1-3H3. The molecule has 1 rings (SSSR count). The lowest BCUT2D eigenvalue weighted by Crippen LogP contribution is -2.43. The highest BCUT2D eigenvalue weighted by atomic mass is 32.2. The lowest BCUT2D eigenvalue weighted by Gasteiger charge is -2.26. The third kappa shape index (κ3) is 4.03.